The molecule has 19 heavy (non-hydrogen) atoms. The van der Waals surface area contributed by atoms with Gasteiger partial charge in [-0.2, -0.15) is 0 Å². The lowest BCUT2D eigenvalue weighted by Crippen LogP contribution is -2.19. The number of hydrogen-bond donors (Lipinski definition) is 1. The maximum atomic E-state index is 6.27. The fourth-order valence-corrected chi connectivity index (χ4v) is 2.76. The standard InChI is InChI=1S/C14H13BrCl2N2/c1-18-14(6-9-4-5-19-8-13(9)17)11-7-10(15)2-3-12(11)16/h2-5,7-8,14,18H,6H2,1H3. The highest BCUT2D eigenvalue weighted by molar-refractivity contribution is 9.10. The molecule has 1 N–H and O–H groups in total. The first-order valence-corrected chi connectivity index (χ1v) is 7.37. The molecule has 2 aromatic rings. The van der Waals surface area contributed by atoms with Crippen LogP contribution in [0.15, 0.2) is 41.1 Å². The first-order valence-electron chi connectivity index (χ1n) is 5.82. The fraction of sp³-hybridized carbons (Fsp3) is 0.214. The molecule has 5 heteroatoms. The number of nitrogens with one attached hydrogen (secondary N) is 1. The van der Waals surface area contributed by atoms with Gasteiger partial charge in [0, 0.05) is 27.9 Å². The zero-order valence-corrected chi connectivity index (χ0v) is 13.4. The second-order valence-corrected chi connectivity index (χ2v) is 5.91. The lowest BCUT2D eigenvalue weighted by atomic mass is 9.99. The lowest BCUT2D eigenvalue weighted by molar-refractivity contribution is 0.592. The molecule has 0 aliphatic carbocycles. The van der Waals surface area contributed by atoms with Crippen molar-refractivity contribution in [1.29, 1.82) is 0 Å². The largest absolute Gasteiger partial charge is 0.313 e. The third kappa shape index (κ3) is 3.69. The Morgan fingerprint density at radius 2 is 2.05 bits per heavy atom. The molecule has 1 heterocycles. The Bertz CT molecular complexity index is 575. The van der Waals surface area contributed by atoms with Crippen LogP contribution in [0, 0.1) is 0 Å². The summed E-state index contributed by atoms with van der Waals surface area (Å²) in [7, 11) is 1.91. The van der Waals surface area contributed by atoms with Gasteiger partial charge in [-0.1, -0.05) is 39.1 Å². The molecule has 0 fully saturated rings. The maximum Gasteiger partial charge on any atom is 0.0622 e. The summed E-state index contributed by atoms with van der Waals surface area (Å²) in [6.07, 6.45) is 4.16. The van der Waals surface area contributed by atoms with E-state index in [1.807, 2.05) is 31.3 Å². The Labute approximate surface area is 131 Å². The summed E-state index contributed by atoms with van der Waals surface area (Å²) in [5.74, 6) is 0. The van der Waals surface area contributed by atoms with E-state index in [1.165, 1.54) is 0 Å². The van der Waals surface area contributed by atoms with Crippen LogP contribution in [-0.4, -0.2) is 12.0 Å². The SMILES string of the molecule is CNC(Cc1ccncc1Cl)c1cc(Br)ccc1Cl. The Kier molecular flexibility index (Phi) is 5.22. The van der Waals surface area contributed by atoms with Crippen LogP contribution in [0.2, 0.25) is 10.0 Å². The molecule has 0 aliphatic rings. The molecule has 0 saturated carbocycles. The number of rotatable bonds is 4. The van der Waals surface area contributed by atoms with Crippen molar-refractivity contribution >= 4 is 39.1 Å². The van der Waals surface area contributed by atoms with Crippen LogP contribution in [-0.2, 0) is 6.42 Å². The van der Waals surface area contributed by atoms with Crippen LogP contribution in [0.4, 0.5) is 0 Å². The van der Waals surface area contributed by atoms with Crippen molar-refractivity contribution in [2.45, 2.75) is 12.5 Å². The van der Waals surface area contributed by atoms with Crippen molar-refractivity contribution < 1.29 is 0 Å². The van der Waals surface area contributed by atoms with E-state index in [9.17, 15) is 0 Å². The summed E-state index contributed by atoms with van der Waals surface area (Å²) in [6, 6.07) is 7.87. The van der Waals surface area contributed by atoms with Gasteiger partial charge >= 0.3 is 0 Å². The van der Waals surface area contributed by atoms with E-state index < -0.39 is 0 Å². The van der Waals surface area contributed by atoms with Gasteiger partial charge in [-0.3, -0.25) is 4.98 Å². The summed E-state index contributed by atoms with van der Waals surface area (Å²) in [5, 5.41) is 4.70. The molecule has 1 unspecified atom stereocenters. The van der Waals surface area contributed by atoms with E-state index >= 15 is 0 Å². The smallest absolute Gasteiger partial charge is 0.0622 e. The summed E-state index contributed by atoms with van der Waals surface area (Å²) >= 11 is 15.9. The molecule has 0 radical (unpaired) electrons. The Balaban J connectivity index is 2.30. The van der Waals surface area contributed by atoms with E-state index in [0.717, 1.165) is 27.0 Å². The minimum absolute atomic E-state index is 0.102. The highest BCUT2D eigenvalue weighted by Crippen LogP contribution is 2.29. The molecular formula is C14H13BrCl2N2. The summed E-state index contributed by atoms with van der Waals surface area (Å²) < 4.78 is 1.01. The fourth-order valence-electron chi connectivity index (χ4n) is 1.94. The molecular weight excluding hydrogens is 347 g/mol. The molecule has 1 aromatic carbocycles. The van der Waals surface area contributed by atoms with Crippen LogP contribution in [0.25, 0.3) is 0 Å². The van der Waals surface area contributed by atoms with Crippen LogP contribution in [0.5, 0.6) is 0 Å². The third-order valence-corrected chi connectivity index (χ3v) is 4.14. The number of nitrogens with zero attached hydrogens (tertiary/aromatic N) is 1. The minimum Gasteiger partial charge on any atom is -0.313 e. The van der Waals surface area contributed by atoms with E-state index in [1.54, 1.807) is 12.4 Å². The molecule has 0 spiro atoms. The van der Waals surface area contributed by atoms with Gasteiger partial charge in [0.05, 0.1) is 5.02 Å². The van der Waals surface area contributed by atoms with Crippen molar-refractivity contribution in [3.8, 4) is 0 Å². The number of aromatic nitrogens is 1. The van der Waals surface area contributed by atoms with Crippen molar-refractivity contribution in [3.63, 3.8) is 0 Å². The Morgan fingerprint density at radius 3 is 2.74 bits per heavy atom. The molecule has 0 bridgehead atoms. The molecule has 1 atom stereocenters. The van der Waals surface area contributed by atoms with Crippen molar-refractivity contribution in [2.75, 3.05) is 7.05 Å². The van der Waals surface area contributed by atoms with Gasteiger partial charge in [0.1, 0.15) is 0 Å². The number of halogens is 3. The molecule has 0 aliphatic heterocycles. The molecule has 0 amide bonds. The molecule has 2 nitrogen and oxygen atoms in total. The van der Waals surface area contributed by atoms with Gasteiger partial charge in [0.15, 0.2) is 0 Å². The average molecular weight is 360 g/mol. The monoisotopic (exact) mass is 358 g/mol. The van der Waals surface area contributed by atoms with Gasteiger partial charge in [-0.15, -0.1) is 0 Å². The van der Waals surface area contributed by atoms with Crippen LogP contribution < -0.4 is 5.32 Å². The normalized spacial score (nSPS) is 12.4. The zero-order valence-electron chi connectivity index (χ0n) is 10.3. The van der Waals surface area contributed by atoms with E-state index in [-0.39, 0.29) is 6.04 Å². The summed E-state index contributed by atoms with van der Waals surface area (Å²) in [5.41, 5.74) is 2.10. The van der Waals surface area contributed by atoms with Gasteiger partial charge in [0.2, 0.25) is 0 Å². The zero-order chi connectivity index (χ0) is 13.8. The number of likely N-dealkylation sites (N-methyl/N-ethyl adjacent to an activating group) is 1. The van der Waals surface area contributed by atoms with Crippen LogP contribution in [0.3, 0.4) is 0 Å². The highest BCUT2D eigenvalue weighted by Gasteiger charge is 2.15. The van der Waals surface area contributed by atoms with Gasteiger partial charge < -0.3 is 5.32 Å². The summed E-state index contributed by atoms with van der Waals surface area (Å²) in [6.45, 7) is 0. The van der Waals surface area contributed by atoms with E-state index in [2.05, 4.69) is 26.2 Å². The quantitative estimate of drug-likeness (QED) is 0.859. The number of benzene rings is 1. The van der Waals surface area contributed by atoms with Crippen molar-refractivity contribution in [1.82, 2.24) is 10.3 Å². The number of hydrogen-bond acceptors (Lipinski definition) is 2. The van der Waals surface area contributed by atoms with Crippen molar-refractivity contribution in [2.24, 2.45) is 0 Å². The predicted octanol–water partition coefficient (Wildman–Crippen LogP) is 4.65. The van der Waals surface area contributed by atoms with E-state index in [0.29, 0.717) is 5.02 Å². The van der Waals surface area contributed by atoms with Gasteiger partial charge in [0.25, 0.3) is 0 Å². The van der Waals surface area contributed by atoms with E-state index in [4.69, 9.17) is 23.2 Å². The van der Waals surface area contributed by atoms with Gasteiger partial charge in [-0.05, 0) is 48.9 Å². The predicted molar refractivity (Wildman–Crippen MR) is 83.9 cm³/mol. The van der Waals surface area contributed by atoms with Gasteiger partial charge in [-0.25, -0.2) is 0 Å². The maximum absolute atomic E-state index is 6.27. The molecule has 1 aromatic heterocycles. The second kappa shape index (κ2) is 6.71. The highest BCUT2D eigenvalue weighted by atomic mass is 79.9. The third-order valence-electron chi connectivity index (χ3n) is 2.96. The molecule has 0 saturated heterocycles. The molecule has 2 rings (SSSR count). The van der Waals surface area contributed by atoms with Crippen LogP contribution >= 0.6 is 39.1 Å². The van der Waals surface area contributed by atoms with Crippen molar-refractivity contribution in [3.05, 3.63) is 62.3 Å². The lowest BCUT2D eigenvalue weighted by Gasteiger charge is -2.19. The first-order chi connectivity index (χ1) is 9.11. The first kappa shape index (κ1) is 14.8. The summed E-state index contributed by atoms with van der Waals surface area (Å²) in [4.78, 5) is 4.00. The minimum atomic E-state index is 0.102. The Morgan fingerprint density at radius 1 is 1.26 bits per heavy atom. The number of pyridine rings is 1. The Hall–Kier alpha value is -0.610. The molecule has 100 valence electrons. The second-order valence-electron chi connectivity index (χ2n) is 4.18. The average Bonchev–Trinajstić information content (AvgIpc) is 2.41. The van der Waals surface area contributed by atoms with Crippen LogP contribution in [0.1, 0.15) is 17.2 Å². The topological polar surface area (TPSA) is 24.9 Å².